The molecule has 0 radical (unpaired) electrons. The summed E-state index contributed by atoms with van der Waals surface area (Å²) in [7, 11) is 3.01. The van der Waals surface area contributed by atoms with Crippen LogP contribution in [0.1, 0.15) is 18.9 Å². The average Bonchev–Trinajstić information content (AvgIpc) is 2.73. The molecule has 2 aromatic rings. The number of anilines is 1. The van der Waals surface area contributed by atoms with Crippen LogP contribution in [0.3, 0.4) is 0 Å². The molecule has 1 unspecified atom stereocenters. The normalized spacial score (nSPS) is 12.1. The number of amides is 1. The molecule has 0 saturated heterocycles. The molecule has 3 N–H and O–H groups in total. The highest BCUT2D eigenvalue weighted by atomic mass is 19.1. The van der Waals surface area contributed by atoms with Crippen molar-refractivity contribution in [2.24, 2.45) is 4.99 Å². The number of hydrogen-bond acceptors (Lipinski definition) is 4. The zero-order chi connectivity index (χ0) is 21.1. The summed E-state index contributed by atoms with van der Waals surface area (Å²) in [5, 5.41) is 9.04. The molecule has 1 amide bonds. The van der Waals surface area contributed by atoms with Gasteiger partial charge < -0.3 is 20.1 Å². The largest absolute Gasteiger partial charge is 0.489 e. The summed E-state index contributed by atoms with van der Waals surface area (Å²) in [6, 6.07) is 13.5. The van der Waals surface area contributed by atoms with Crippen molar-refractivity contribution >= 4 is 17.7 Å². The molecule has 0 bridgehead atoms. The van der Waals surface area contributed by atoms with E-state index in [2.05, 4.69) is 25.7 Å². The van der Waals surface area contributed by atoms with Crippen LogP contribution >= 0.6 is 0 Å². The number of carbonyl (C=O) groups excluding carboxylic acids is 1. The number of hydrogen-bond donors (Lipinski definition) is 3. The number of rotatable bonds is 8. The minimum Gasteiger partial charge on any atom is -0.489 e. The van der Waals surface area contributed by atoms with Crippen molar-refractivity contribution in [2.75, 3.05) is 26.0 Å². The number of methoxy groups -OCH3 is 1. The van der Waals surface area contributed by atoms with E-state index in [0.29, 0.717) is 30.5 Å². The monoisotopic (exact) mass is 402 g/mol. The van der Waals surface area contributed by atoms with Gasteiger partial charge in [0, 0.05) is 25.3 Å². The quantitative estimate of drug-likeness (QED) is 0.465. The fraction of sp³-hybridized carbons (Fsp3) is 0.333. The summed E-state index contributed by atoms with van der Waals surface area (Å²) < 4.78 is 23.7. The van der Waals surface area contributed by atoms with E-state index in [1.165, 1.54) is 19.2 Å². The van der Waals surface area contributed by atoms with E-state index < -0.39 is 6.09 Å². The topological polar surface area (TPSA) is 84.0 Å². The highest BCUT2D eigenvalue weighted by Gasteiger charge is 2.10. The summed E-state index contributed by atoms with van der Waals surface area (Å²) >= 11 is 0. The Hall–Kier alpha value is -3.29. The van der Waals surface area contributed by atoms with Crippen LogP contribution in [0.2, 0.25) is 0 Å². The molecule has 0 aromatic heterocycles. The van der Waals surface area contributed by atoms with Crippen molar-refractivity contribution in [2.45, 2.75) is 26.0 Å². The number of guanidine groups is 1. The first kappa shape index (κ1) is 22.0. The Bertz CT molecular complexity index is 812. The second-order valence-corrected chi connectivity index (χ2v) is 6.23. The average molecular weight is 402 g/mol. The van der Waals surface area contributed by atoms with Crippen LogP contribution in [0, 0.1) is 5.82 Å². The Balaban J connectivity index is 1.81. The highest BCUT2D eigenvalue weighted by molar-refractivity contribution is 5.84. The molecule has 2 rings (SSSR count). The van der Waals surface area contributed by atoms with Crippen LogP contribution in [0.4, 0.5) is 14.9 Å². The van der Waals surface area contributed by atoms with Crippen LogP contribution in [0.5, 0.6) is 5.75 Å². The van der Waals surface area contributed by atoms with E-state index in [1.807, 2.05) is 19.1 Å². The fourth-order valence-corrected chi connectivity index (χ4v) is 2.49. The number of ether oxygens (including phenoxy) is 2. The van der Waals surface area contributed by atoms with E-state index >= 15 is 0 Å². The smallest absolute Gasteiger partial charge is 0.411 e. The van der Waals surface area contributed by atoms with Gasteiger partial charge in [-0.3, -0.25) is 10.3 Å². The van der Waals surface area contributed by atoms with E-state index in [1.54, 1.807) is 31.3 Å². The van der Waals surface area contributed by atoms with Gasteiger partial charge in [-0.15, -0.1) is 0 Å². The number of benzene rings is 2. The van der Waals surface area contributed by atoms with Crippen molar-refractivity contribution in [1.29, 1.82) is 0 Å². The lowest BCUT2D eigenvalue weighted by molar-refractivity contribution is 0.187. The van der Waals surface area contributed by atoms with Crippen molar-refractivity contribution in [3.8, 4) is 5.75 Å². The molecule has 0 aliphatic rings. The number of nitrogens with zero attached hydrogens (tertiary/aromatic N) is 1. The Morgan fingerprint density at radius 3 is 2.55 bits per heavy atom. The molecule has 0 saturated carbocycles. The van der Waals surface area contributed by atoms with Crippen LogP contribution in [0.15, 0.2) is 53.5 Å². The van der Waals surface area contributed by atoms with Crippen LogP contribution in [-0.2, 0) is 11.3 Å². The first-order valence-corrected chi connectivity index (χ1v) is 9.34. The predicted octanol–water partition coefficient (Wildman–Crippen LogP) is 3.53. The Kier molecular flexibility index (Phi) is 8.75. The third-order valence-electron chi connectivity index (χ3n) is 4.12. The van der Waals surface area contributed by atoms with E-state index in [4.69, 9.17) is 4.74 Å². The van der Waals surface area contributed by atoms with Gasteiger partial charge in [-0.05, 0) is 36.2 Å². The number of carbonyl (C=O) groups is 1. The summed E-state index contributed by atoms with van der Waals surface area (Å²) in [6.45, 7) is 3.08. The lowest BCUT2D eigenvalue weighted by Gasteiger charge is -2.20. The van der Waals surface area contributed by atoms with Gasteiger partial charge >= 0.3 is 6.09 Å². The number of halogens is 1. The third-order valence-corrected chi connectivity index (χ3v) is 4.12. The molecule has 2 aromatic carbocycles. The predicted molar refractivity (Wildman–Crippen MR) is 112 cm³/mol. The van der Waals surface area contributed by atoms with Gasteiger partial charge in [0.25, 0.3) is 0 Å². The van der Waals surface area contributed by atoms with Crippen molar-refractivity contribution in [3.63, 3.8) is 0 Å². The molecule has 29 heavy (non-hydrogen) atoms. The molecular formula is C21H27FN4O3. The minimum atomic E-state index is -0.508. The second kappa shape index (κ2) is 11.5. The molecule has 0 aliphatic carbocycles. The third kappa shape index (κ3) is 7.69. The summed E-state index contributed by atoms with van der Waals surface area (Å²) in [4.78, 5) is 15.4. The molecule has 0 spiro atoms. The molecular weight excluding hydrogens is 375 g/mol. The van der Waals surface area contributed by atoms with Crippen molar-refractivity contribution in [3.05, 3.63) is 59.9 Å². The summed E-state index contributed by atoms with van der Waals surface area (Å²) in [6.07, 6.45) is 0.125. The standard InChI is InChI=1S/C21H27FN4O3/c1-4-18(29-19-7-5-6-16(22)12-19)14-25-20(23-2)24-13-15-8-10-17(11-9-15)26-21(27)28-3/h5-12,18H,4,13-14H2,1-3H3,(H,26,27)(H2,23,24,25). The fourth-order valence-electron chi connectivity index (χ4n) is 2.49. The van der Waals surface area contributed by atoms with Crippen molar-refractivity contribution in [1.82, 2.24) is 10.6 Å². The molecule has 156 valence electrons. The SMILES string of the molecule is CCC(CNC(=NC)NCc1ccc(NC(=O)OC)cc1)Oc1cccc(F)c1. The molecule has 1 atom stereocenters. The number of aliphatic imine (C=N–C) groups is 1. The van der Waals surface area contributed by atoms with Gasteiger partial charge in [-0.1, -0.05) is 25.1 Å². The van der Waals surface area contributed by atoms with E-state index in [-0.39, 0.29) is 11.9 Å². The maximum atomic E-state index is 13.3. The number of nitrogens with one attached hydrogen (secondary N) is 3. The van der Waals surface area contributed by atoms with Crippen LogP contribution < -0.4 is 20.7 Å². The van der Waals surface area contributed by atoms with Crippen LogP contribution in [-0.4, -0.2) is 38.9 Å². The zero-order valence-electron chi connectivity index (χ0n) is 16.9. The minimum absolute atomic E-state index is 0.126. The summed E-state index contributed by atoms with van der Waals surface area (Å²) in [5.74, 6) is 0.806. The molecule has 0 fully saturated rings. The maximum absolute atomic E-state index is 13.3. The van der Waals surface area contributed by atoms with Gasteiger partial charge in [0.15, 0.2) is 5.96 Å². The first-order valence-electron chi connectivity index (χ1n) is 9.34. The second-order valence-electron chi connectivity index (χ2n) is 6.23. The van der Waals surface area contributed by atoms with Crippen LogP contribution in [0.25, 0.3) is 0 Å². The van der Waals surface area contributed by atoms with Gasteiger partial charge in [-0.2, -0.15) is 0 Å². The Labute approximate surface area is 170 Å². The Morgan fingerprint density at radius 1 is 1.17 bits per heavy atom. The molecule has 0 heterocycles. The van der Waals surface area contributed by atoms with Gasteiger partial charge in [-0.25, -0.2) is 9.18 Å². The van der Waals surface area contributed by atoms with Crippen molar-refractivity contribution < 1.29 is 18.7 Å². The van der Waals surface area contributed by atoms with E-state index in [0.717, 1.165) is 12.0 Å². The molecule has 0 aliphatic heterocycles. The molecule has 7 nitrogen and oxygen atoms in total. The highest BCUT2D eigenvalue weighted by Crippen LogP contribution is 2.15. The maximum Gasteiger partial charge on any atom is 0.411 e. The Morgan fingerprint density at radius 2 is 1.93 bits per heavy atom. The summed E-state index contributed by atoms with van der Waals surface area (Å²) in [5.41, 5.74) is 1.68. The molecule has 8 heteroatoms. The first-order chi connectivity index (χ1) is 14.0. The lowest BCUT2D eigenvalue weighted by Crippen LogP contribution is -2.42. The van der Waals surface area contributed by atoms with E-state index in [9.17, 15) is 9.18 Å². The van der Waals surface area contributed by atoms with Gasteiger partial charge in [0.1, 0.15) is 17.7 Å². The zero-order valence-corrected chi connectivity index (χ0v) is 16.9. The lowest BCUT2D eigenvalue weighted by atomic mass is 10.2. The van der Waals surface area contributed by atoms with Gasteiger partial charge in [0.2, 0.25) is 0 Å². The van der Waals surface area contributed by atoms with Gasteiger partial charge in [0.05, 0.1) is 13.7 Å².